The van der Waals surface area contributed by atoms with Crippen molar-refractivity contribution in [2.75, 3.05) is 46.9 Å². The van der Waals surface area contributed by atoms with Gasteiger partial charge in [-0.3, -0.25) is 9.69 Å². The number of likely N-dealkylation sites (N-methyl/N-ethyl adjacent to an activating group) is 1. The molecule has 2 aliphatic heterocycles. The topological polar surface area (TPSA) is 32.8 Å². The van der Waals surface area contributed by atoms with Crippen LogP contribution >= 0.6 is 0 Å². The summed E-state index contributed by atoms with van der Waals surface area (Å²) >= 11 is 0. The van der Waals surface area contributed by atoms with Crippen molar-refractivity contribution < 1.29 is 9.53 Å². The van der Waals surface area contributed by atoms with Gasteiger partial charge in [0.2, 0.25) is 0 Å². The Morgan fingerprint density at radius 3 is 2.65 bits per heavy atom. The normalized spacial score (nSPS) is 27.8. The quantitative estimate of drug-likeness (QED) is 0.721. The number of rotatable bonds is 4. The number of piperidine rings is 1. The van der Waals surface area contributed by atoms with Gasteiger partial charge in [-0.2, -0.15) is 0 Å². The van der Waals surface area contributed by atoms with Crippen LogP contribution in [-0.4, -0.2) is 68.6 Å². The molecule has 0 aromatic carbocycles. The Kier molecular flexibility index (Phi) is 4.54. The van der Waals surface area contributed by atoms with Crippen LogP contribution in [0.2, 0.25) is 0 Å². The molecule has 0 aliphatic carbocycles. The SMILES string of the molecule is CN1CCC(N(C)CC(=O)C2CCOC2)CC1. The van der Waals surface area contributed by atoms with E-state index in [0.717, 1.165) is 26.1 Å². The van der Waals surface area contributed by atoms with E-state index in [4.69, 9.17) is 4.74 Å². The standard InChI is InChI=1S/C13H24N2O2/c1-14-6-3-12(4-7-14)15(2)9-13(16)11-5-8-17-10-11/h11-12H,3-10H2,1-2H3. The fourth-order valence-electron chi connectivity index (χ4n) is 2.73. The molecule has 1 unspecified atom stereocenters. The number of nitrogens with zero attached hydrogens (tertiary/aromatic N) is 2. The third-order valence-electron chi connectivity index (χ3n) is 4.10. The van der Waals surface area contributed by atoms with E-state index in [2.05, 4.69) is 23.9 Å². The van der Waals surface area contributed by atoms with Crippen LogP contribution in [0.5, 0.6) is 0 Å². The highest BCUT2D eigenvalue weighted by molar-refractivity contribution is 5.83. The van der Waals surface area contributed by atoms with Gasteiger partial charge in [0, 0.05) is 18.6 Å². The molecule has 0 aromatic rings. The molecule has 0 bridgehead atoms. The summed E-state index contributed by atoms with van der Waals surface area (Å²) in [5.41, 5.74) is 0. The van der Waals surface area contributed by atoms with Crippen LogP contribution in [-0.2, 0) is 9.53 Å². The summed E-state index contributed by atoms with van der Waals surface area (Å²) < 4.78 is 5.27. The van der Waals surface area contributed by atoms with E-state index in [0.29, 0.717) is 25.0 Å². The summed E-state index contributed by atoms with van der Waals surface area (Å²) in [4.78, 5) is 16.6. The van der Waals surface area contributed by atoms with Crippen LogP contribution in [0.15, 0.2) is 0 Å². The Labute approximate surface area is 104 Å². The molecular weight excluding hydrogens is 216 g/mol. The van der Waals surface area contributed by atoms with Crippen LogP contribution in [0.25, 0.3) is 0 Å². The molecule has 0 aromatic heterocycles. The third-order valence-corrected chi connectivity index (χ3v) is 4.10. The first-order valence-corrected chi connectivity index (χ1v) is 6.66. The number of ether oxygens (including phenoxy) is 1. The third kappa shape index (κ3) is 3.50. The highest BCUT2D eigenvalue weighted by Gasteiger charge is 2.27. The molecule has 1 atom stereocenters. The first kappa shape index (κ1) is 13.0. The van der Waals surface area contributed by atoms with Gasteiger partial charge in [0.1, 0.15) is 0 Å². The maximum atomic E-state index is 12.0. The second-order valence-corrected chi connectivity index (χ2v) is 5.48. The smallest absolute Gasteiger partial charge is 0.152 e. The highest BCUT2D eigenvalue weighted by Crippen LogP contribution is 2.17. The number of hydrogen-bond acceptors (Lipinski definition) is 4. The van der Waals surface area contributed by atoms with Crippen molar-refractivity contribution in [3.05, 3.63) is 0 Å². The molecule has 0 N–H and O–H groups in total. The predicted octanol–water partition coefficient (Wildman–Crippen LogP) is 0.618. The first-order chi connectivity index (χ1) is 8.16. The Bertz CT molecular complexity index is 256. The molecule has 0 amide bonds. The lowest BCUT2D eigenvalue weighted by Crippen LogP contribution is -2.44. The van der Waals surface area contributed by atoms with Crippen molar-refractivity contribution in [3.8, 4) is 0 Å². The van der Waals surface area contributed by atoms with Crippen molar-refractivity contribution in [3.63, 3.8) is 0 Å². The Morgan fingerprint density at radius 1 is 1.35 bits per heavy atom. The van der Waals surface area contributed by atoms with E-state index >= 15 is 0 Å². The fraction of sp³-hybridized carbons (Fsp3) is 0.923. The van der Waals surface area contributed by atoms with Crippen molar-refractivity contribution in [2.45, 2.75) is 25.3 Å². The van der Waals surface area contributed by atoms with Crippen molar-refractivity contribution in [1.82, 2.24) is 9.80 Å². The molecule has 2 fully saturated rings. The molecule has 4 heteroatoms. The minimum atomic E-state index is 0.156. The Balaban J connectivity index is 1.76. The van der Waals surface area contributed by atoms with Crippen LogP contribution in [0.4, 0.5) is 0 Å². The second kappa shape index (κ2) is 5.94. The van der Waals surface area contributed by atoms with E-state index in [1.54, 1.807) is 0 Å². The van der Waals surface area contributed by atoms with Crippen molar-refractivity contribution in [2.24, 2.45) is 5.92 Å². The van der Waals surface area contributed by atoms with Gasteiger partial charge in [0.15, 0.2) is 5.78 Å². The van der Waals surface area contributed by atoms with Gasteiger partial charge >= 0.3 is 0 Å². The van der Waals surface area contributed by atoms with E-state index in [-0.39, 0.29) is 5.92 Å². The molecule has 2 rings (SSSR count). The van der Waals surface area contributed by atoms with Crippen molar-refractivity contribution in [1.29, 1.82) is 0 Å². The predicted molar refractivity (Wildman–Crippen MR) is 67.1 cm³/mol. The number of likely N-dealkylation sites (tertiary alicyclic amines) is 1. The molecule has 17 heavy (non-hydrogen) atoms. The summed E-state index contributed by atoms with van der Waals surface area (Å²) in [6.07, 6.45) is 3.28. The Morgan fingerprint density at radius 2 is 2.06 bits per heavy atom. The summed E-state index contributed by atoms with van der Waals surface area (Å²) in [5.74, 6) is 0.521. The van der Waals surface area contributed by atoms with Crippen LogP contribution in [0.1, 0.15) is 19.3 Å². The van der Waals surface area contributed by atoms with E-state index in [1.165, 1.54) is 12.8 Å². The molecule has 0 spiro atoms. The zero-order chi connectivity index (χ0) is 12.3. The van der Waals surface area contributed by atoms with Gasteiger partial charge in [-0.05, 0) is 46.4 Å². The minimum absolute atomic E-state index is 0.156. The average Bonchev–Trinajstić information content (AvgIpc) is 2.83. The summed E-state index contributed by atoms with van der Waals surface area (Å²) in [5, 5.41) is 0. The molecule has 2 heterocycles. The Hall–Kier alpha value is -0.450. The zero-order valence-electron chi connectivity index (χ0n) is 11.0. The lowest BCUT2D eigenvalue weighted by Gasteiger charge is -2.35. The van der Waals surface area contributed by atoms with E-state index in [1.807, 2.05) is 0 Å². The molecule has 0 radical (unpaired) electrons. The highest BCUT2D eigenvalue weighted by atomic mass is 16.5. The van der Waals surface area contributed by atoms with E-state index < -0.39 is 0 Å². The molecule has 2 saturated heterocycles. The van der Waals surface area contributed by atoms with Crippen LogP contribution < -0.4 is 0 Å². The van der Waals surface area contributed by atoms with Gasteiger partial charge in [-0.25, -0.2) is 0 Å². The van der Waals surface area contributed by atoms with Crippen LogP contribution in [0.3, 0.4) is 0 Å². The maximum absolute atomic E-state index is 12.0. The molecule has 4 nitrogen and oxygen atoms in total. The van der Waals surface area contributed by atoms with E-state index in [9.17, 15) is 4.79 Å². The van der Waals surface area contributed by atoms with Gasteiger partial charge in [0.05, 0.1) is 13.2 Å². The maximum Gasteiger partial charge on any atom is 0.152 e. The average molecular weight is 240 g/mol. The van der Waals surface area contributed by atoms with Gasteiger partial charge in [-0.15, -0.1) is 0 Å². The first-order valence-electron chi connectivity index (χ1n) is 6.66. The monoisotopic (exact) mass is 240 g/mol. The minimum Gasteiger partial charge on any atom is -0.381 e. The summed E-state index contributed by atoms with van der Waals surface area (Å²) in [7, 11) is 4.25. The lowest BCUT2D eigenvalue weighted by molar-refractivity contribution is -0.124. The molecule has 0 saturated carbocycles. The van der Waals surface area contributed by atoms with Crippen LogP contribution in [0, 0.1) is 5.92 Å². The molecular formula is C13H24N2O2. The number of hydrogen-bond donors (Lipinski definition) is 0. The largest absolute Gasteiger partial charge is 0.381 e. The lowest BCUT2D eigenvalue weighted by atomic mass is 10.0. The van der Waals surface area contributed by atoms with Gasteiger partial charge in [-0.1, -0.05) is 0 Å². The fourth-order valence-corrected chi connectivity index (χ4v) is 2.73. The number of carbonyl (C=O) groups is 1. The van der Waals surface area contributed by atoms with Crippen molar-refractivity contribution >= 4 is 5.78 Å². The molecule has 2 aliphatic rings. The number of Topliss-reactive ketones (excluding diaryl/α,β-unsaturated/α-hetero) is 1. The number of ketones is 1. The van der Waals surface area contributed by atoms with Gasteiger partial charge < -0.3 is 9.64 Å². The second-order valence-electron chi connectivity index (χ2n) is 5.48. The zero-order valence-corrected chi connectivity index (χ0v) is 11.0. The molecule has 98 valence electrons. The summed E-state index contributed by atoms with van der Waals surface area (Å²) in [6, 6.07) is 0.581. The van der Waals surface area contributed by atoms with Gasteiger partial charge in [0.25, 0.3) is 0 Å². The summed E-state index contributed by atoms with van der Waals surface area (Å²) in [6.45, 7) is 4.29. The number of carbonyl (C=O) groups excluding carboxylic acids is 1.